The fraction of sp³-hybridized carbons (Fsp3) is 0.538. The Morgan fingerprint density at radius 2 is 1.88 bits per heavy atom. The van der Waals surface area contributed by atoms with E-state index < -0.39 is 0 Å². The van der Waals surface area contributed by atoms with Crippen molar-refractivity contribution in [1.29, 1.82) is 0 Å². The van der Waals surface area contributed by atoms with Gasteiger partial charge in [-0.25, -0.2) is 0 Å². The summed E-state index contributed by atoms with van der Waals surface area (Å²) < 4.78 is 5.41. The van der Waals surface area contributed by atoms with Crippen LogP contribution >= 0.6 is 0 Å². The number of nitrogens with two attached hydrogens (primary N) is 1. The van der Waals surface area contributed by atoms with E-state index in [2.05, 4.69) is 29.2 Å². The molecule has 2 aliphatic heterocycles. The summed E-state index contributed by atoms with van der Waals surface area (Å²) in [5, 5.41) is 0. The first-order valence-corrected chi connectivity index (χ1v) is 5.95. The summed E-state index contributed by atoms with van der Waals surface area (Å²) in [6.07, 6.45) is 0. The molecule has 2 aliphatic rings. The van der Waals surface area contributed by atoms with Gasteiger partial charge >= 0.3 is 0 Å². The standard InChI is InChI=1S/C13H18N2O/c14-13-9-16-8-12(13)7-15-5-10-3-1-2-4-11(10)6-15/h1-4,12-13H,5-9,14H2. The third-order valence-corrected chi connectivity index (χ3v) is 3.65. The van der Waals surface area contributed by atoms with Crippen LogP contribution in [0.15, 0.2) is 24.3 Å². The number of benzene rings is 1. The highest BCUT2D eigenvalue weighted by Crippen LogP contribution is 2.24. The minimum Gasteiger partial charge on any atom is -0.379 e. The fourth-order valence-electron chi connectivity index (χ4n) is 2.67. The summed E-state index contributed by atoms with van der Waals surface area (Å²) >= 11 is 0. The van der Waals surface area contributed by atoms with Gasteiger partial charge in [0.25, 0.3) is 0 Å². The molecule has 2 heterocycles. The van der Waals surface area contributed by atoms with Crippen molar-refractivity contribution in [3.8, 4) is 0 Å². The summed E-state index contributed by atoms with van der Waals surface area (Å²) in [6.45, 7) is 4.76. The first kappa shape index (κ1) is 10.3. The number of nitrogens with zero attached hydrogens (tertiary/aromatic N) is 1. The Labute approximate surface area is 96.2 Å². The second kappa shape index (κ2) is 4.17. The number of rotatable bonds is 2. The largest absolute Gasteiger partial charge is 0.379 e. The van der Waals surface area contributed by atoms with Crippen molar-refractivity contribution in [3.05, 3.63) is 35.4 Å². The van der Waals surface area contributed by atoms with E-state index in [9.17, 15) is 0 Å². The molecule has 0 aliphatic carbocycles. The maximum absolute atomic E-state index is 6.01. The minimum atomic E-state index is 0.226. The van der Waals surface area contributed by atoms with Crippen LogP contribution in [0.4, 0.5) is 0 Å². The first-order valence-electron chi connectivity index (χ1n) is 5.95. The van der Waals surface area contributed by atoms with Crippen LogP contribution in [0.3, 0.4) is 0 Å². The van der Waals surface area contributed by atoms with Crippen molar-refractivity contribution in [2.75, 3.05) is 19.8 Å². The van der Waals surface area contributed by atoms with E-state index in [0.717, 1.165) is 32.8 Å². The van der Waals surface area contributed by atoms with E-state index in [1.807, 2.05) is 0 Å². The number of hydrogen-bond acceptors (Lipinski definition) is 3. The van der Waals surface area contributed by atoms with Gasteiger partial charge < -0.3 is 10.5 Å². The summed E-state index contributed by atoms with van der Waals surface area (Å²) in [5.41, 5.74) is 8.95. The van der Waals surface area contributed by atoms with Gasteiger partial charge in [0, 0.05) is 31.6 Å². The van der Waals surface area contributed by atoms with Crippen LogP contribution in [0.25, 0.3) is 0 Å². The van der Waals surface area contributed by atoms with E-state index in [1.54, 1.807) is 0 Å². The molecule has 3 rings (SSSR count). The molecule has 0 bridgehead atoms. The monoisotopic (exact) mass is 218 g/mol. The lowest BCUT2D eigenvalue weighted by molar-refractivity contribution is 0.167. The molecule has 1 fully saturated rings. The zero-order valence-electron chi connectivity index (χ0n) is 9.43. The van der Waals surface area contributed by atoms with E-state index in [-0.39, 0.29) is 6.04 Å². The van der Waals surface area contributed by atoms with Crippen molar-refractivity contribution in [2.45, 2.75) is 19.1 Å². The molecule has 1 saturated heterocycles. The smallest absolute Gasteiger partial charge is 0.0621 e. The van der Waals surface area contributed by atoms with Crippen molar-refractivity contribution in [3.63, 3.8) is 0 Å². The topological polar surface area (TPSA) is 38.5 Å². The van der Waals surface area contributed by atoms with Crippen LogP contribution in [0.1, 0.15) is 11.1 Å². The van der Waals surface area contributed by atoms with Crippen molar-refractivity contribution < 1.29 is 4.74 Å². The van der Waals surface area contributed by atoms with Crippen LogP contribution in [0, 0.1) is 5.92 Å². The molecular weight excluding hydrogens is 200 g/mol. The lowest BCUT2D eigenvalue weighted by Gasteiger charge is -2.21. The zero-order valence-corrected chi connectivity index (χ0v) is 9.43. The van der Waals surface area contributed by atoms with Gasteiger partial charge in [-0.15, -0.1) is 0 Å². The molecule has 0 amide bonds. The molecule has 2 unspecified atom stereocenters. The van der Waals surface area contributed by atoms with Crippen molar-refractivity contribution in [1.82, 2.24) is 4.90 Å². The Hall–Kier alpha value is -0.900. The van der Waals surface area contributed by atoms with E-state index in [4.69, 9.17) is 10.5 Å². The second-order valence-electron chi connectivity index (χ2n) is 4.90. The van der Waals surface area contributed by atoms with E-state index >= 15 is 0 Å². The Morgan fingerprint density at radius 3 is 2.44 bits per heavy atom. The van der Waals surface area contributed by atoms with Crippen LogP contribution in [-0.2, 0) is 17.8 Å². The quantitative estimate of drug-likeness (QED) is 0.804. The summed E-state index contributed by atoms with van der Waals surface area (Å²) in [7, 11) is 0. The Bertz CT molecular complexity index is 355. The number of ether oxygens (including phenoxy) is 1. The normalized spacial score (nSPS) is 29.6. The van der Waals surface area contributed by atoms with Crippen LogP contribution in [-0.4, -0.2) is 30.7 Å². The lowest BCUT2D eigenvalue weighted by atomic mass is 10.0. The van der Waals surface area contributed by atoms with Gasteiger partial charge in [0.15, 0.2) is 0 Å². The highest BCUT2D eigenvalue weighted by atomic mass is 16.5. The van der Waals surface area contributed by atoms with E-state index in [1.165, 1.54) is 11.1 Å². The molecule has 0 saturated carbocycles. The number of hydrogen-bond donors (Lipinski definition) is 1. The Kier molecular flexibility index (Phi) is 2.67. The Balaban J connectivity index is 1.63. The molecule has 2 atom stereocenters. The number of fused-ring (bicyclic) bond motifs is 1. The summed E-state index contributed by atoms with van der Waals surface area (Å²) in [4.78, 5) is 2.48. The third kappa shape index (κ3) is 1.86. The van der Waals surface area contributed by atoms with Crippen molar-refractivity contribution >= 4 is 0 Å². The average molecular weight is 218 g/mol. The highest BCUT2D eigenvalue weighted by molar-refractivity contribution is 5.30. The minimum absolute atomic E-state index is 0.226. The predicted molar refractivity (Wildman–Crippen MR) is 62.8 cm³/mol. The molecular formula is C13H18N2O. The second-order valence-corrected chi connectivity index (χ2v) is 4.90. The molecule has 16 heavy (non-hydrogen) atoms. The van der Waals surface area contributed by atoms with Gasteiger partial charge in [0.2, 0.25) is 0 Å². The maximum atomic E-state index is 6.01. The molecule has 2 N–H and O–H groups in total. The zero-order chi connectivity index (χ0) is 11.0. The molecule has 0 spiro atoms. The van der Waals surface area contributed by atoms with Gasteiger partial charge in [0.05, 0.1) is 13.2 Å². The molecule has 1 aromatic carbocycles. The summed E-state index contributed by atoms with van der Waals surface area (Å²) in [5.74, 6) is 0.509. The lowest BCUT2D eigenvalue weighted by Crippen LogP contribution is -2.36. The van der Waals surface area contributed by atoms with Crippen LogP contribution in [0.2, 0.25) is 0 Å². The molecule has 1 aromatic rings. The van der Waals surface area contributed by atoms with Crippen LogP contribution in [0.5, 0.6) is 0 Å². The average Bonchev–Trinajstić information content (AvgIpc) is 2.85. The Morgan fingerprint density at radius 1 is 1.19 bits per heavy atom. The van der Waals surface area contributed by atoms with Gasteiger partial charge in [0.1, 0.15) is 0 Å². The van der Waals surface area contributed by atoms with Gasteiger partial charge in [-0.3, -0.25) is 4.90 Å². The maximum Gasteiger partial charge on any atom is 0.0621 e. The molecule has 86 valence electrons. The first-order chi connectivity index (χ1) is 7.83. The SMILES string of the molecule is NC1COCC1CN1Cc2ccccc2C1. The van der Waals surface area contributed by atoms with Crippen LogP contribution < -0.4 is 5.73 Å². The van der Waals surface area contributed by atoms with Gasteiger partial charge in [-0.05, 0) is 11.1 Å². The van der Waals surface area contributed by atoms with E-state index in [0.29, 0.717) is 5.92 Å². The molecule has 3 heteroatoms. The summed E-state index contributed by atoms with van der Waals surface area (Å²) in [6, 6.07) is 8.91. The van der Waals surface area contributed by atoms with Gasteiger partial charge in [-0.1, -0.05) is 24.3 Å². The molecule has 0 radical (unpaired) electrons. The predicted octanol–water partition coefficient (Wildman–Crippen LogP) is 0.976. The van der Waals surface area contributed by atoms with Crippen molar-refractivity contribution in [2.24, 2.45) is 11.7 Å². The van der Waals surface area contributed by atoms with Gasteiger partial charge in [-0.2, -0.15) is 0 Å². The fourth-order valence-corrected chi connectivity index (χ4v) is 2.67. The molecule has 3 nitrogen and oxygen atoms in total. The third-order valence-electron chi connectivity index (χ3n) is 3.65. The highest BCUT2D eigenvalue weighted by Gasteiger charge is 2.28. The molecule has 0 aromatic heterocycles.